The number of aromatic nitrogens is 1. The van der Waals surface area contributed by atoms with Gasteiger partial charge in [-0.05, 0) is 36.6 Å². The highest BCUT2D eigenvalue weighted by Crippen LogP contribution is 2.20. The van der Waals surface area contributed by atoms with E-state index in [2.05, 4.69) is 18.5 Å². The summed E-state index contributed by atoms with van der Waals surface area (Å²) in [6.07, 6.45) is 2.71. The van der Waals surface area contributed by atoms with Crippen LogP contribution in [-0.4, -0.2) is 4.98 Å². The molecule has 1 N–H and O–H groups in total. The lowest BCUT2D eigenvalue weighted by Crippen LogP contribution is -2.03. The Balaban J connectivity index is 2.81. The first-order chi connectivity index (χ1) is 7.22. The lowest BCUT2D eigenvalue weighted by molar-refractivity contribution is 1.22. The highest BCUT2D eigenvalue weighted by atomic mass is 16.1. The Bertz CT molecular complexity index is 566. The van der Waals surface area contributed by atoms with E-state index in [1.807, 2.05) is 24.3 Å². The molecule has 76 valence electrons. The van der Waals surface area contributed by atoms with Crippen molar-refractivity contribution in [1.82, 2.24) is 4.98 Å². The normalized spacial score (nSPS) is 10.5. The van der Waals surface area contributed by atoms with Crippen LogP contribution >= 0.6 is 0 Å². The van der Waals surface area contributed by atoms with Crippen molar-refractivity contribution in [2.45, 2.75) is 13.3 Å². The van der Waals surface area contributed by atoms with Crippen molar-refractivity contribution in [3.8, 4) is 0 Å². The van der Waals surface area contributed by atoms with Crippen LogP contribution in [0, 0.1) is 6.92 Å². The van der Waals surface area contributed by atoms with Crippen LogP contribution in [0.1, 0.15) is 11.1 Å². The van der Waals surface area contributed by atoms with Crippen molar-refractivity contribution in [1.29, 1.82) is 0 Å². The van der Waals surface area contributed by atoms with Crippen molar-refractivity contribution in [2.24, 2.45) is 0 Å². The number of H-pyrrole nitrogens is 1. The largest absolute Gasteiger partial charge is 0.322 e. The van der Waals surface area contributed by atoms with E-state index >= 15 is 0 Å². The molecular weight excluding hydrogens is 186 g/mol. The zero-order valence-corrected chi connectivity index (χ0v) is 8.71. The number of aromatic amines is 1. The molecule has 1 heterocycles. The first-order valence-corrected chi connectivity index (χ1v) is 4.95. The van der Waals surface area contributed by atoms with Crippen molar-refractivity contribution in [2.75, 3.05) is 0 Å². The minimum Gasteiger partial charge on any atom is -0.322 e. The second-order valence-corrected chi connectivity index (χ2v) is 3.64. The van der Waals surface area contributed by atoms with Crippen LogP contribution in [0.2, 0.25) is 0 Å². The van der Waals surface area contributed by atoms with Gasteiger partial charge in [0.1, 0.15) is 0 Å². The van der Waals surface area contributed by atoms with E-state index in [0.29, 0.717) is 0 Å². The van der Waals surface area contributed by atoms with Gasteiger partial charge in [0.25, 0.3) is 0 Å². The van der Waals surface area contributed by atoms with Gasteiger partial charge < -0.3 is 4.98 Å². The number of allylic oxidation sites excluding steroid dienone is 1. The summed E-state index contributed by atoms with van der Waals surface area (Å²) in [6.45, 7) is 5.82. The topological polar surface area (TPSA) is 32.9 Å². The molecule has 0 saturated heterocycles. The number of aryl methyl sites for hydroxylation is 1. The molecule has 2 heteroatoms. The molecule has 0 radical (unpaired) electrons. The second kappa shape index (κ2) is 3.73. The van der Waals surface area contributed by atoms with Crippen molar-refractivity contribution in [3.63, 3.8) is 0 Å². The smallest absolute Gasteiger partial charge is 0.248 e. The molecule has 0 unspecified atom stereocenters. The standard InChI is InChI=1S/C13H13NO/c1-3-4-10-9(2)5-7-12-11(10)6-8-13(15)14-12/h3,5-8H,1,4H2,2H3,(H,14,15). The van der Waals surface area contributed by atoms with Crippen LogP contribution in [-0.2, 0) is 6.42 Å². The van der Waals surface area contributed by atoms with E-state index in [4.69, 9.17) is 0 Å². The predicted octanol–water partition coefficient (Wildman–Crippen LogP) is 2.57. The van der Waals surface area contributed by atoms with Gasteiger partial charge in [-0.1, -0.05) is 12.1 Å². The molecule has 0 bridgehead atoms. The summed E-state index contributed by atoms with van der Waals surface area (Å²) < 4.78 is 0. The molecule has 15 heavy (non-hydrogen) atoms. The summed E-state index contributed by atoms with van der Waals surface area (Å²) in [5, 5.41) is 1.11. The van der Waals surface area contributed by atoms with Crippen LogP contribution in [0.25, 0.3) is 10.9 Å². The highest BCUT2D eigenvalue weighted by Gasteiger charge is 2.03. The molecule has 2 nitrogen and oxygen atoms in total. The number of fused-ring (bicyclic) bond motifs is 1. The Morgan fingerprint density at radius 2 is 2.13 bits per heavy atom. The quantitative estimate of drug-likeness (QED) is 0.741. The molecule has 0 saturated carbocycles. The molecule has 0 spiro atoms. The summed E-state index contributed by atoms with van der Waals surface area (Å²) in [6, 6.07) is 7.41. The van der Waals surface area contributed by atoms with Crippen LogP contribution in [0.15, 0.2) is 41.7 Å². The maximum absolute atomic E-state index is 11.2. The Morgan fingerprint density at radius 3 is 2.87 bits per heavy atom. The van der Waals surface area contributed by atoms with Crippen LogP contribution in [0.4, 0.5) is 0 Å². The van der Waals surface area contributed by atoms with Gasteiger partial charge >= 0.3 is 0 Å². The van der Waals surface area contributed by atoms with Gasteiger partial charge in [-0.3, -0.25) is 4.79 Å². The lowest BCUT2D eigenvalue weighted by atomic mass is 10.0. The fourth-order valence-electron chi connectivity index (χ4n) is 1.82. The Kier molecular flexibility index (Phi) is 2.42. The van der Waals surface area contributed by atoms with E-state index in [1.165, 1.54) is 11.1 Å². The molecule has 0 aliphatic rings. The lowest BCUT2D eigenvalue weighted by Gasteiger charge is -2.07. The molecule has 0 aliphatic heterocycles. The zero-order chi connectivity index (χ0) is 10.8. The number of hydrogen-bond donors (Lipinski definition) is 1. The molecule has 0 aliphatic carbocycles. The van der Waals surface area contributed by atoms with Gasteiger partial charge in [0.2, 0.25) is 5.56 Å². The zero-order valence-electron chi connectivity index (χ0n) is 8.71. The molecule has 0 amide bonds. The number of hydrogen-bond acceptors (Lipinski definition) is 1. The van der Waals surface area contributed by atoms with E-state index in [0.717, 1.165) is 17.3 Å². The van der Waals surface area contributed by atoms with E-state index in [1.54, 1.807) is 6.07 Å². The first kappa shape index (κ1) is 9.71. The fraction of sp³-hybridized carbons (Fsp3) is 0.154. The number of rotatable bonds is 2. The van der Waals surface area contributed by atoms with Gasteiger partial charge in [-0.2, -0.15) is 0 Å². The average molecular weight is 199 g/mol. The average Bonchev–Trinajstić information content (AvgIpc) is 2.22. The summed E-state index contributed by atoms with van der Waals surface area (Å²) in [5.74, 6) is 0. The second-order valence-electron chi connectivity index (χ2n) is 3.64. The fourth-order valence-corrected chi connectivity index (χ4v) is 1.82. The van der Waals surface area contributed by atoms with Gasteiger partial charge in [-0.25, -0.2) is 0 Å². The summed E-state index contributed by atoms with van der Waals surface area (Å²) >= 11 is 0. The minimum absolute atomic E-state index is 0.0593. The van der Waals surface area contributed by atoms with E-state index in [-0.39, 0.29) is 5.56 Å². The highest BCUT2D eigenvalue weighted by molar-refractivity contribution is 5.83. The third kappa shape index (κ3) is 1.71. The molecular formula is C13H13NO. The van der Waals surface area contributed by atoms with Crippen LogP contribution in [0.5, 0.6) is 0 Å². The number of benzene rings is 1. The Labute approximate surface area is 88.3 Å². The van der Waals surface area contributed by atoms with Crippen molar-refractivity contribution >= 4 is 10.9 Å². The molecule has 2 aromatic rings. The summed E-state index contributed by atoms with van der Waals surface area (Å²) in [5.41, 5.74) is 3.30. The third-order valence-corrected chi connectivity index (χ3v) is 2.60. The van der Waals surface area contributed by atoms with Gasteiger partial charge in [-0.15, -0.1) is 6.58 Å². The summed E-state index contributed by atoms with van der Waals surface area (Å²) in [7, 11) is 0. The molecule has 2 rings (SSSR count). The van der Waals surface area contributed by atoms with Gasteiger partial charge in [0.05, 0.1) is 0 Å². The van der Waals surface area contributed by atoms with E-state index in [9.17, 15) is 4.79 Å². The Hall–Kier alpha value is -1.83. The number of nitrogens with one attached hydrogen (secondary N) is 1. The van der Waals surface area contributed by atoms with Crippen LogP contribution in [0.3, 0.4) is 0 Å². The van der Waals surface area contributed by atoms with E-state index < -0.39 is 0 Å². The van der Waals surface area contributed by atoms with Gasteiger partial charge in [0, 0.05) is 17.0 Å². The maximum atomic E-state index is 11.2. The van der Waals surface area contributed by atoms with Crippen LogP contribution < -0.4 is 5.56 Å². The minimum atomic E-state index is -0.0593. The molecule has 1 aromatic carbocycles. The van der Waals surface area contributed by atoms with Crippen molar-refractivity contribution < 1.29 is 0 Å². The van der Waals surface area contributed by atoms with Crippen molar-refractivity contribution in [3.05, 3.63) is 58.4 Å². The monoisotopic (exact) mass is 199 g/mol. The first-order valence-electron chi connectivity index (χ1n) is 4.95. The third-order valence-electron chi connectivity index (χ3n) is 2.60. The number of pyridine rings is 1. The SMILES string of the molecule is C=CCc1c(C)ccc2[nH]c(=O)ccc12. The molecule has 0 atom stereocenters. The molecule has 1 aromatic heterocycles. The maximum Gasteiger partial charge on any atom is 0.248 e. The Morgan fingerprint density at radius 1 is 1.33 bits per heavy atom. The summed E-state index contributed by atoms with van der Waals surface area (Å²) in [4.78, 5) is 14.0. The van der Waals surface area contributed by atoms with Gasteiger partial charge in [0.15, 0.2) is 0 Å². The predicted molar refractivity (Wildman–Crippen MR) is 63.2 cm³/mol. The molecule has 0 fully saturated rings.